The summed E-state index contributed by atoms with van der Waals surface area (Å²) in [6, 6.07) is 1.56. The van der Waals surface area contributed by atoms with E-state index < -0.39 is 0 Å². The highest BCUT2D eigenvalue weighted by Crippen LogP contribution is 2.52. The Morgan fingerprint density at radius 2 is 1.10 bits per heavy atom. The minimum atomic E-state index is 0.188. The van der Waals surface area contributed by atoms with Crippen molar-refractivity contribution in [1.82, 2.24) is 0 Å². The van der Waals surface area contributed by atoms with Crippen LogP contribution in [-0.2, 0) is 0 Å². The maximum Gasteiger partial charge on any atom is 0.0808 e. The van der Waals surface area contributed by atoms with Gasteiger partial charge in [0.2, 0.25) is 0 Å². The van der Waals surface area contributed by atoms with Gasteiger partial charge in [-0.2, -0.15) is 0 Å². The number of halogens is 7. The minimum Gasteiger partial charge on any atom is -0.132 e. The molecule has 0 fully saturated rings. The Kier molecular flexibility index (Phi) is 4.21. The average Bonchev–Trinajstić information content (AvgIpc) is 2.81. The van der Waals surface area contributed by atoms with Gasteiger partial charge in [-0.15, -0.1) is 11.3 Å². The van der Waals surface area contributed by atoms with E-state index in [-0.39, 0.29) is 10.0 Å². The van der Waals surface area contributed by atoms with Crippen LogP contribution in [0, 0.1) is 0 Å². The molecule has 0 spiro atoms. The van der Waals surface area contributed by atoms with Crippen LogP contribution in [0.15, 0.2) is 6.07 Å². The molecule has 0 atom stereocenters. The van der Waals surface area contributed by atoms with Gasteiger partial charge in [0.25, 0.3) is 0 Å². The average molecular weight is 425 g/mol. The molecule has 0 radical (unpaired) electrons. The summed E-state index contributed by atoms with van der Waals surface area (Å²) in [6.07, 6.45) is 0. The Balaban J connectivity index is 2.71. The lowest BCUT2D eigenvalue weighted by molar-refractivity contribution is 1.82. The van der Waals surface area contributed by atoms with Gasteiger partial charge in [0.15, 0.2) is 0 Å². The number of thiophene rings is 1. The fourth-order valence-corrected chi connectivity index (χ4v) is 5.26. The van der Waals surface area contributed by atoms with Gasteiger partial charge < -0.3 is 0 Å². The number of hydrogen-bond acceptors (Lipinski definition) is 1. The van der Waals surface area contributed by atoms with E-state index in [9.17, 15) is 0 Å². The fraction of sp³-hybridized carbons (Fsp3) is 0. The van der Waals surface area contributed by atoms with E-state index in [1.807, 2.05) is 0 Å². The third-order valence-corrected chi connectivity index (χ3v) is 7.14. The molecule has 0 saturated carbocycles. The Hall–Kier alpha value is 0.690. The first-order chi connectivity index (χ1) is 9.34. The second-order valence-corrected chi connectivity index (χ2v) is 7.65. The van der Waals surface area contributed by atoms with Crippen LogP contribution in [-0.4, -0.2) is 0 Å². The van der Waals surface area contributed by atoms with Crippen LogP contribution < -0.4 is 0 Å². The lowest BCUT2D eigenvalue weighted by Crippen LogP contribution is -1.79. The van der Waals surface area contributed by atoms with Crippen LogP contribution in [0.1, 0.15) is 0 Å². The van der Waals surface area contributed by atoms with Crippen molar-refractivity contribution in [3.05, 3.63) is 41.2 Å². The predicted molar refractivity (Wildman–Crippen MR) is 94.4 cm³/mol. The second kappa shape index (κ2) is 5.40. The molecule has 8 heteroatoms. The maximum atomic E-state index is 6.28. The summed E-state index contributed by atoms with van der Waals surface area (Å²) in [4.78, 5) is 0. The molecule has 0 N–H and O–H groups in total. The van der Waals surface area contributed by atoms with E-state index in [0.717, 1.165) is 0 Å². The van der Waals surface area contributed by atoms with E-state index >= 15 is 0 Å². The summed E-state index contributed by atoms with van der Waals surface area (Å²) in [5.41, 5.74) is 0. The molecule has 0 bridgehead atoms. The molecule has 2 aromatic carbocycles. The topological polar surface area (TPSA) is 0 Å². The van der Waals surface area contributed by atoms with E-state index in [0.29, 0.717) is 45.3 Å². The third kappa shape index (κ3) is 2.11. The zero-order chi connectivity index (χ0) is 14.8. The molecule has 3 aromatic rings. The van der Waals surface area contributed by atoms with Gasteiger partial charge in [-0.1, -0.05) is 81.2 Å². The van der Waals surface area contributed by atoms with Crippen LogP contribution in [0.25, 0.3) is 20.2 Å². The van der Waals surface area contributed by atoms with Crippen molar-refractivity contribution >= 4 is 113 Å². The SMILES string of the molecule is Clc1cc(Cl)c2c(sc3c(Cl)c(Cl)c(Cl)c(Cl)c32)c1Cl. The van der Waals surface area contributed by atoms with E-state index in [1.54, 1.807) is 6.07 Å². The highest BCUT2D eigenvalue weighted by Gasteiger charge is 2.22. The van der Waals surface area contributed by atoms with Crippen molar-refractivity contribution in [2.45, 2.75) is 0 Å². The van der Waals surface area contributed by atoms with E-state index in [4.69, 9.17) is 81.2 Å². The fourth-order valence-electron chi connectivity index (χ4n) is 1.93. The molecular weight excluding hydrogens is 424 g/mol. The van der Waals surface area contributed by atoms with Gasteiger partial charge in [-0.25, -0.2) is 0 Å². The Labute approximate surface area is 153 Å². The van der Waals surface area contributed by atoms with Crippen molar-refractivity contribution in [3.63, 3.8) is 0 Å². The van der Waals surface area contributed by atoms with E-state index in [2.05, 4.69) is 0 Å². The summed E-state index contributed by atoms with van der Waals surface area (Å²) in [5, 5.41) is 3.50. The summed E-state index contributed by atoms with van der Waals surface area (Å²) >= 11 is 44.5. The molecule has 0 unspecified atom stereocenters. The third-order valence-electron chi connectivity index (χ3n) is 2.81. The molecule has 0 aliphatic rings. The monoisotopic (exact) mass is 422 g/mol. The summed E-state index contributed by atoms with van der Waals surface area (Å²) in [6.45, 7) is 0. The van der Waals surface area contributed by atoms with Crippen LogP contribution in [0.4, 0.5) is 0 Å². The summed E-state index contributed by atoms with van der Waals surface area (Å²) < 4.78 is 1.37. The van der Waals surface area contributed by atoms with Gasteiger partial charge in [-0.05, 0) is 6.07 Å². The molecule has 0 nitrogen and oxygen atoms in total. The van der Waals surface area contributed by atoms with Gasteiger partial charge in [0.05, 0.1) is 44.6 Å². The van der Waals surface area contributed by atoms with Gasteiger partial charge in [0, 0.05) is 10.8 Å². The van der Waals surface area contributed by atoms with Crippen molar-refractivity contribution < 1.29 is 0 Å². The number of hydrogen-bond donors (Lipinski definition) is 0. The number of fused-ring (bicyclic) bond motifs is 3. The van der Waals surface area contributed by atoms with Crippen molar-refractivity contribution in [3.8, 4) is 0 Å². The predicted octanol–water partition coefficient (Wildman–Crippen LogP) is 8.63. The first kappa shape index (κ1) is 15.6. The van der Waals surface area contributed by atoms with Gasteiger partial charge in [-0.3, -0.25) is 0 Å². The van der Waals surface area contributed by atoms with Crippen LogP contribution in [0.5, 0.6) is 0 Å². The molecule has 0 saturated heterocycles. The lowest BCUT2D eigenvalue weighted by Gasteiger charge is -2.05. The molecular formula is C12HCl7S. The molecule has 0 amide bonds. The Bertz CT molecular complexity index is 881. The quantitative estimate of drug-likeness (QED) is 0.250. The van der Waals surface area contributed by atoms with Gasteiger partial charge >= 0.3 is 0 Å². The molecule has 0 aliphatic carbocycles. The van der Waals surface area contributed by atoms with Crippen LogP contribution in [0.2, 0.25) is 35.2 Å². The molecule has 1 heterocycles. The number of benzene rings is 2. The van der Waals surface area contributed by atoms with Gasteiger partial charge in [0.1, 0.15) is 0 Å². The summed E-state index contributed by atoms with van der Waals surface area (Å²) in [5.74, 6) is 0. The Morgan fingerprint density at radius 1 is 0.550 bits per heavy atom. The second-order valence-electron chi connectivity index (χ2n) is 3.92. The Morgan fingerprint density at radius 3 is 1.75 bits per heavy atom. The molecule has 104 valence electrons. The standard InChI is InChI=1S/C12HCl7S/c13-2-1-3(14)6(15)11-4(2)5-7(16)8(17)9(18)10(19)12(5)20-11/h1H. The van der Waals surface area contributed by atoms with Crippen molar-refractivity contribution in [1.29, 1.82) is 0 Å². The molecule has 1 aromatic heterocycles. The molecule has 0 aliphatic heterocycles. The smallest absolute Gasteiger partial charge is 0.0808 e. The highest BCUT2D eigenvalue weighted by molar-refractivity contribution is 7.27. The van der Waals surface area contributed by atoms with Crippen LogP contribution >= 0.6 is 92.5 Å². The normalized spacial score (nSPS) is 11.8. The molecule has 3 rings (SSSR count). The van der Waals surface area contributed by atoms with Crippen molar-refractivity contribution in [2.75, 3.05) is 0 Å². The first-order valence-corrected chi connectivity index (χ1v) is 8.52. The number of rotatable bonds is 0. The molecule has 20 heavy (non-hydrogen) atoms. The highest BCUT2D eigenvalue weighted by atomic mass is 35.5. The van der Waals surface area contributed by atoms with Crippen LogP contribution in [0.3, 0.4) is 0 Å². The first-order valence-electron chi connectivity index (χ1n) is 5.06. The van der Waals surface area contributed by atoms with Crippen molar-refractivity contribution in [2.24, 2.45) is 0 Å². The largest absolute Gasteiger partial charge is 0.132 e. The maximum absolute atomic E-state index is 6.28. The zero-order valence-corrected chi connectivity index (χ0v) is 15.2. The summed E-state index contributed by atoms with van der Waals surface area (Å²) in [7, 11) is 0. The zero-order valence-electron chi connectivity index (χ0n) is 9.13. The minimum absolute atomic E-state index is 0.188. The lowest BCUT2D eigenvalue weighted by atomic mass is 10.1. The van der Waals surface area contributed by atoms with E-state index in [1.165, 1.54) is 11.3 Å².